The SMILES string of the molecule is Cc1cccc(C)c1NC(=O)CNc1cccc(NC(=O)c2ccco2)c1. The quantitative estimate of drug-likeness (QED) is 0.613. The highest BCUT2D eigenvalue weighted by Gasteiger charge is 2.10. The number of furan rings is 1. The molecule has 0 bridgehead atoms. The summed E-state index contributed by atoms with van der Waals surface area (Å²) in [5, 5.41) is 8.75. The van der Waals surface area contributed by atoms with Gasteiger partial charge in [0.25, 0.3) is 5.91 Å². The monoisotopic (exact) mass is 363 g/mol. The molecule has 0 spiro atoms. The van der Waals surface area contributed by atoms with Gasteiger partial charge in [0.1, 0.15) is 0 Å². The van der Waals surface area contributed by atoms with Crippen LogP contribution in [0.2, 0.25) is 0 Å². The third-order valence-electron chi connectivity index (χ3n) is 4.06. The Bertz CT molecular complexity index is 929. The molecule has 0 aliphatic rings. The molecule has 0 unspecified atom stereocenters. The summed E-state index contributed by atoms with van der Waals surface area (Å²) in [5.41, 5.74) is 4.21. The van der Waals surface area contributed by atoms with Crippen LogP contribution >= 0.6 is 0 Å². The minimum Gasteiger partial charge on any atom is -0.459 e. The van der Waals surface area contributed by atoms with Crippen LogP contribution in [-0.4, -0.2) is 18.4 Å². The van der Waals surface area contributed by atoms with Gasteiger partial charge in [0, 0.05) is 17.1 Å². The lowest BCUT2D eigenvalue weighted by molar-refractivity contribution is -0.114. The van der Waals surface area contributed by atoms with E-state index >= 15 is 0 Å². The van der Waals surface area contributed by atoms with Gasteiger partial charge >= 0.3 is 0 Å². The number of carbonyl (C=O) groups excluding carboxylic acids is 2. The van der Waals surface area contributed by atoms with Gasteiger partial charge in [-0.1, -0.05) is 24.3 Å². The topological polar surface area (TPSA) is 83.4 Å². The summed E-state index contributed by atoms with van der Waals surface area (Å²) < 4.78 is 5.07. The summed E-state index contributed by atoms with van der Waals surface area (Å²) >= 11 is 0. The Morgan fingerprint density at radius 1 is 0.889 bits per heavy atom. The molecule has 27 heavy (non-hydrogen) atoms. The molecule has 1 heterocycles. The van der Waals surface area contributed by atoms with Gasteiger partial charge in [-0.05, 0) is 55.3 Å². The zero-order valence-electron chi connectivity index (χ0n) is 15.2. The minimum absolute atomic E-state index is 0.114. The van der Waals surface area contributed by atoms with Crippen molar-refractivity contribution in [3.05, 3.63) is 77.7 Å². The Balaban J connectivity index is 1.58. The zero-order chi connectivity index (χ0) is 19.2. The summed E-state index contributed by atoms with van der Waals surface area (Å²) in [7, 11) is 0. The molecule has 138 valence electrons. The number of hydrogen-bond donors (Lipinski definition) is 3. The number of amides is 2. The van der Waals surface area contributed by atoms with E-state index in [1.54, 1.807) is 30.3 Å². The molecule has 0 saturated carbocycles. The van der Waals surface area contributed by atoms with E-state index < -0.39 is 0 Å². The molecule has 6 heteroatoms. The molecule has 1 aromatic heterocycles. The molecule has 0 saturated heterocycles. The van der Waals surface area contributed by atoms with Crippen LogP contribution < -0.4 is 16.0 Å². The Hall–Kier alpha value is -3.54. The lowest BCUT2D eigenvalue weighted by atomic mass is 10.1. The molecule has 0 atom stereocenters. The van der Waals surface area contributed by atoms with Crippen LogP contribution in [0, 0.1) is 13.8 Å². The van der Waals surface area contributed by atoms with E-state index in [1.165, 1.54) is 6.26 Å². The number of benzene rings is 2. The highest BCUT2D eigenvalue weighted by molar-refractivity contribution is 6.02. The second-order valence-electron chi connectivity index (χ2n) is 6.18. The van der Waals surface area contributed by atoms with Crippen LogP contribution in [0.25, 0.3) is 0 Å². The number of carbonyl (C=O) groups is 2. The van der Waals surface area contributed by atoms with E-state index in [0.717, 1.165) is 22.5 Å². The third kappa shape index (κ3) is 4.76. The van der Waals surface area contributed by atoms with E-state index in [2.05, 4.69) is 16.0 Å². The Morgan fingerprint density at radius 2 is 1.59 bits per heavy atom. The highest BCUT2D eigenvalue weighted by Crippen LogP contribution is 2.20. The van der Waals surface area contributed by atoms with Gasteiger partial charge < -0.3 is 20.4 Å². The summed E-state index contributed by atoms with van der Waals surface area (Å²) in [5.74, 6) is -0.233. The maximum atomic E-state index is 12.3. The molecule has 6 nitrogen and oxygen atoms in total. The normalized spacial score (nSPS) is 10.3. The number of para-hydroxylation sites is 1. The molecule has 0 fully saturated rings. The largest absolute Gasteiger partial charge is 0.459 e. The summed E-state index contributed by atoms with van der Waals surface area (Å²) in [6.07, 6.45) is 1.45. The smallest absolute Gasteiger partial charge is 0.291 e. The number of anilines is 3. The van der Waals surface area contributed by atoms with Gasteiger partial charge in [0.15, 0.2) is 5.76 Å². The molecule has 0 aliphatic heterocycles. The predicted octanol–water partition coefficient (Wildman–Crippen LogP) is 4.20. The van der Waals surface area contributed by atoms with Crippen molar-refractivity contribution >= 4 is 28.9 Å². The van der Waals surface area contributed by atoms with Gasteiger partial charge in [-0.2, -0.15) is 0 Å². The fourth-order valence-corrected chi connectivity index (χ4v) is 2.68. The number of aryl methyl sites for hydroxylation is 2. The number of nitrogens with one attached hydrogen (secondary N) is 3. The van der Waals surface area contributed by atoms with Gasteiger partial charge in [-0.25, -0.2) is 0 Å². The molecule has 3 N–H and O–H groups in total. The van der Waals surface area contributed by atoms with Crippen LogP contribution in [-0.2, 0) is 4.79 Å². The highest BCUT2D eigenvalue weighted by atomic mass is 16.3. The predicted molar refractivity (Wildman–Crippen MR) is 106 cm³/mol. The van der Waals surface area contributed by atoms with Crippen LogP contribution in [0.15, 0.2) is 65.3 Å². The molecule has 2 aromatic carbocycles. The average molecular weight is 363 g/mol. The van der Waals surface area contributed by atoms with Crippen molar-refractivity contribution < 1.29 is 14.0 Å². The average Bonchev–Trinajstić information content (AvgIpc) is 3.18. The third-order valence-corrected chi connectivity index (χ3v) is 4.06. The van der Waals surface area contributed by atoms with Crippen molar-refractivity contribution in [1.29, 1.82) is 0 Å². The van der Waals surface area contributed by atoms with E-state index in [9.17, 15) is 9.59 Å². The zero-order valence-corrected chi connectivity index (χ0v) is 15.2. The van der Waals surface area contributed by atoms with Crippen molar-refractivity contribution in [2.75, 3.05) is 22.5 Å². The van der Waals surface area contributed by atoms with Crippen LogP contribution in [0.3, 0.4) is 0 Å². The van der Waals surface area contributed by atoms with Crippen molar-refractivity contribution in [1.82, 2.24) is 0 Å². The second-order valence-corrected chi connectivity index (χ2v) is 6.18. The van der Waals surface area contributed by atoms with Gasteiger partial charge in [-0.15, -0.1) is 0 Å². The maximum Gasteiger partial charge on any atom is 0.291 e. The fourth-order valence-electron chi connectivity index (χ4n) is 2.68. The molecule has 0 radical (unpaired) electrons. The molecule has 2 amide bonds. The van der Waals surface area contributed by atoms with E-state index in [1.807, 2.05) is 38.1 Å². The summed E-state index contributed by atoms with van der Waals surface area (Å²) in [6, 6.07) is 16.3. The first kappa shape index (κ1) is 18.3. The van der Waals surface area contributed by atoms with Crippen molar-refractivity contribution in [3.8, 4) is 0 Å². The maximum absolute atomic E-state index is 12.3. The minimum atomic E-state index is -0.329. The standard InChI is InChI=1S/C21H21N3O3/c1-14-6-3-7-15(2)20(14)24-19(25)13-22-16-8-4-9-17(12-16)23-21(26)18-10-5-11-27-18/h3-12,22H,13H2,1-2H3,(H,23,26)(H,24,25). The number of rotatable bonds is 6. The van der Waals surface area contributed by atoms with Crippen molar-refractivity contribution in [2.45, 2.75) is 13.8 Å². The molecular formula is C21H21N3O3. The van der Waals surface area contributed by atoms with Gasteiger partial charge in [0.2, 0.25) is 5.91 Å². The van der Waals surface area contributed by atoms with Crippen LogP contribution in [0.1, 0.15) is 21.7 Å². The van der Waals surface area contributed by atoms with E-state index in [4.69, 9.17) is 4.42 Å². The number of hydrogen-bond acceptors (Lipinski definition) is 4. The lowest BCUT2D eigenvalue weighted by Crippen LogP contribution is -2.22. The van der Waals surface area contributed by atoms with Crippen LogP contribution in [0.4, 0.5) is 17.1 Å². The van der Waals surface area contributed by atoms with Gasteiger partial charge in [0.05, 0.1) is 12.8 Å². The van der Waals surface area contributed by atoms with Crippen molar-refractivity contribution in [3.63, 3.8) is 0 Å². The molecule has 3 rings (SSSR count). The fraction of sp³-hybridized carbons (Fsp3) is 0.143. The Morgan fingerprint density at radius 3 is 2.30 bits per heavy atom. The Kier molecular flexibility index (Phi) is 5.56. The second kappa shape index (κ2) is 8.23. The first-order valence-electron chi connectivity index (χ1n) is 8.58. The molecular weight excluding hydrogens is 342 g/mol. The van der Waals surface area contributed by atoms with Crippen molar-refractivity contribution in [2.24, 2.45) is 0 Å². The Labute approximate surface area is 157 Å². The van der Waals surface area contributed by atoms with E-state index in [0.29, 0.717) is 5.69 Å². The molecule has 3 aromatic rings. The summed E-state index contributed by atoms with van der Waals surface area (Å²) in [6.45, 7) is 4.03. The van der Waals surface area contributed by atoms with E-state index in [-0.39, 0.29) is 24.1 Å². The first-order chi connectivity index (χ1) is 13.0. The van der Waals surface area contributed by atoms with Gasteiger partial charge in [-0.3, -0.25) is 9.59 Å². The van der Waals surface area contributed by atoms with Crippen LogP contribution in [0.5, 0.6) is 0 Å². The first-order valence-corrected chi connectivity index (χ1v) is 8.58. The lowest BCUT2D eigenvalue weighted by Gasteiger charge is -2.13. The molecule has 0 aliphatic carbocycles. The summed E-state index contributed by atoms with van der Waals surface area (Å²) in [4.78, 5) is 24.3.